The number of nitriles is 1. The molecule has 3 heteroatoms. The maximum absolute atomic E-state index is 12.6. The third kappa shape index (κ3) is 2.23. The lowest BCUT2D eigenvalue weighted by atomic mass is 9.67. The van der Waals surface area contributed by atoms with Gasteiger partial charge in [0.15, 0.2) is 5.78 Å². The molecule has 1 atom stereocenters. The number of rotatable bonds is 1. The van der Waals surface area contributed by atoms with Crippen LogP contribution in [-0.2, 0) is 0 Å². The minimum atomic E-state index is -0.413. The molecule has 0 N–H and O–H groups in total. The van der Waals surface area contributed by atoms with Gasteiger partial charge >= 0.3 is 0 Å². The first kappa shape index (κ1) is 13.5. The second-order valence-electron chi connectivity index (χ2n) is 6.14. The molecule has 0 saturated heterocycles. The molecule has 0 radical (unpaired) electrons. The zero-order chi connectivity index (χ0) is 15.0. The van der Waals surface area contributed by atoms with Gasteiger partial charge in [-0.05, 0) is 42.3 Å². The van der Waals surface area contributed by atoms with Crippen LogP contribution in [0.15, 0.2) is 42.6 Å². The van der Waals surface area contributed by atoms with E-state index in [4.69, 9.17) is 5.26 Å². The third-order valence-electron chi connectivity index (χ3n) is 4.17. The maximum Gasteiger partial charge on any atom is 0.168 e. The van der Waals surface area contributed by atoms with Crippen LogP contribution in [0.4, 0.5) is 0 Å². The summed E-state index contributed by atoms with van der Waals surface area (Å²) >= 11 is 0. The van der Waals surface area contributed by atoms with Crippen LogP contribution in [-0.4, -0.2) is 10.8 Å². The van der Waals surface area contributed by atoms with Crippen LogP contribution in [0.25, 0.3) is 0 Å². The fraction of sp³-hybridized carbons (Fsp3) is 0.278. The number of hydrogen-bond donors (Lipinski definition) is 0. The molecule has 0 spiro atoms. The number of ketones is 1. The molecule has 3 nitrogen and oxygen atoms in total. The van der Waals surface area contributed by atoms with E-state index in [-0.39, 0.29) is 11.7 Å². The summed E-state index contributed by atoms with van der Waals surface area (Å²) in [6, 6.07) is 13.3. The molecule has 1 aromatic carbocycles. The molecule has 0 bridgehead atoms. The van der Waals surface area contributed by atoms with Crippen molar-refractivity contribution >= 4 is 5.78 Å². The van der Waals surface area contributed by atoms with E-state index in [0.29, 0.717) is 12.0 Å². The van der Waals surface area contributed by atoms with Crippen LogP contribution in [0.2, 0.25) is 0 Å². The number of pyridine rings is 1. The molecule has 104 valence electrons. The van der Waals surface area contributed by atoms with Crippen LogP contribution < -0.4 is 0 Å². The van der Waals surface area contributed by atoms with E-state index in [1.165, 1.54) is 0 Å². The number of nitrogens with zero attached hydrogens (tertiary/aromatic N) is 2. The van der Waals surface area contributed by atoms with Gasteiger partial charge in [-0.2, -0.15) is 5.26 Å². The molecule has 0 amide bonds. The Morgan fingerprint density at radius 1 is 1.29 bits per heavy atom. The zero-order valence-corrected chi connectivity index (χ0v) is 12.1. The second-order valence-corrected chi connectivity index (χ2v) is 6.14. The molecule has 1 aliphatic rings. The van der Waals surface area contributed by atoms with Crippen LogP contribution in [0.5, 0.6) is 0 Å². The predicted molar refractivity (Wildman–Crippen MR) is 80.0 cm³/mol. The molecule has 0 saturated carbocycles. The van der Waals surface area contributed by atoms with Crippen molar-refractivity contribution in [1.29, 1.82) is 5.26 Å². The zero-order valence-electron chi connectivity index (χ0n) is 12.1. The second kappa shape index (κ2) is 4.82. The van der Waals surface area contributed by atoms with Crippen LogP contribution >= 0.6 is 0 Å². The quantitative estimate of drug-likeness (QED) is 0.798. The lowest BCUT2D eigenvalue weighted by Gasteiger charge is -2.35. The van der Waals surface area contributed by atoms with Crippen molar-refractivity contribution in [1.82, 2.24) is 4.98 Å². The molecule has 1 heterocycles. The van der Waals surface area contributed by atoms with Gasteiger partial charge in [0.2, 0.25) is 0 Å². The number of benzene rings is 1. The van der Waals surface area contributed by atoms with Crippen molar-refractivity contribution in [3.8, 4) is 6.07 Å². The Bertz CT molecular complexity index is 742. The number of Topliss-reactive ketones (excluding diaryl/α,β-unsaturated/α-hetero) is 1. The highest BCUT2D eigenvalue weighted by Gasteiger charge is 2.40. The first-order chi connectivity index (χ1) is 10.0. The van der Waals surface area contributed by atoms with Gasteiger partial charge in [-0.1, -0.05) is 19.9 Å². The van der Waals surface area contributed by atoms with E-state index in [0.717, 1.165) is 16.8 Å². The van der Waals surface area contributed by atoms with Crippen molar-refractivity contribution in [3.63, 3.8) is 0 Å². The number of carbonyl (C=O) groups is 1. The largest absolute Gasteiger partial charge is 0.294 e. The van der Waals surface area contributed by atoms with Crippen molar-refractivity contribution in [2.75, 3.05) is 0 Å². The summed E-state index contributed by atoms with van der Waals surface area (Å²) in [5.74, 6) is 0.205. The van der Waals surface area contributed by atoms with Gasteiger partial charge in [-0.25, -0.2) is 0 Å². The first-order valence-electron chi connectivity index (χ1n) is 7.03. The molecular weight excluding hydrogens is 260 g/mol. The minimum absolute atomic E-state index is 0.0576. The summed E-state index contributed by atoms with van der Waals surface area (Å²) in [7, 11) is 0. The number of aromatic nitrogens is 1. The highest BCUT2D eigenvalue weighted by Crippen LogP contribution is 2.44. The maximum atomic E-state index is 12.6. The minimum Gasteiger partial charge on any atom is -0.294 e. The van der Waals surface area contributed by atoms with Crippen molar-refractivity contribution < 1.29 is 4.79 Å². The van der Waals surface area contributed by atoms with Gasteiger partial charge in [0.05, 0.1) is 11.6 Å². The van der Waals surface area contributed by atoms with E-state index in [1.807, 2.05) is 38.1 Å². The summed E-state index contributed by atoms with van der Waals surface area (Å²) in [6.45, 7) is 3.96. The fourth-order valence-electron chi connectivity index (χ4n) is 3.05. The molecule has 1 unspecified atom stereocenters. The summed E-state index contributed by atoms with van der Waals surface area (Å²) < 4.78 is 0. The van der Waals surface area contributed by atoms with E-state index in [1.54, 1.807) is 18.3 Å². The smallest absolute Gasteiger partial charge is 0.168 e. The van der Waals surface area contributed by atoms with Crippen LogP contribution in [0, 0.1) is 16.7 Å². The average Bonchev–Trinajstić information content (AvgIpc) is 2.51. The Morgan fingerprint density at radius 3 is 2.76 bits per heavy atom. The molecule has 3 rings (SSSR count). The monoisotopic (exact) mass is 276 g/mol. The van der Waals surface area contributed by atoms with E-state index >= 15 is 0 Å². The van der Waals surface area contributed by atoms with E-state index < -0.39 is 5.41 Å². The van der Waals surface area contributed by atoms with Crippen LogP contribution in [0.1, 0.15) is 53.4 Å². The Labute approximate surface area is 124 Å². The van der Waals surface area contributed by atoms with Crippen molar-refractivity contribution in [3.05, 3.63) is 65.0 Å². The van der Waals surface area contributed by atoms with E-state index in [2.05, 4.69) is 11.1 Å². The molecule has 2 aromatic rings. The van der Waals surface area contributed by atoms with Gasteiger partial charge in [0, 0.05) is 28.8 Å². The lowest BCUT2D eigenvalue weighted by molar-refractivity contribution is 0.0801. The van der Waals surface area contributed by atoms with Crippen molar-refractivity contribution in [2.24, 2.45) is 5.41 Å². The van der Waals surface area contributed by atoms with Gasteiger partial charge in [-0.15, -0.1) is 0 Å². The predicted octanol–water partition coefficient (Wildman–Crippen LogP) is 3.70. The molecule has 1 aliphatic carbocycles. The Morgan fingerprint density at radius 2 is 2.10 bits per heavy atom. The van der Waals surface area contributed by atoms with Gasteiger partial charge in [0.1, 0.15) is 0 Å². The Balaban J connectivity index is 2.21. The lowest BCUT2D eigenvalue weighted by Crippen LogP contribution is -2.33. The summed E-state index contributed by atoms with van der Waals surface area (Å²) in [5, 5.41) is 9.11. The standard InChI is InChI=1S/C18H16N2O/c1-18(2)10-15(16-5-3-4-8-20-16)14-9-12(11-19)6-7-13(14)17(18)21/h3-9,15H,10H2,1-2H3. The summed E-state index contributed by atoms with van der Waals surface area (Å²) in [4.78, 5) is 17.1. The average molecular weight is 276 g/mol. The first-order valence-corrected chi connectivity index (χ1v) is 7.03. The third-order valence-corrected chi connectivity index (χ3v) is 4.17. The number of carbonyl (C=O) groups excluding carboxylic acids is 1. The van der Waals surface area contributed by atoms with Gasteiger partial charge < -0.3 is 0 Å². The number of fused-ring (bicyclic) bond motifs is 1. The Kier molecular flexibility index (Phi) is 3.10. The summed E-state index contributed by atoms with van der Waals surface area (Å²) in [6.07, 6.45) is 2.48. The molecule has 1 aromatic heterocycles. The highest BCUT2D eigenvalue weighted by molar-refractivity contribution is 6.03. The van der Waals surface area contributed by atoms with E-state index in [9.17, 15) is 4.79 Å². The molecule has 21 heavy (non-hydrogen) atoms. The fourth-order valence-corrected chi connectivity index (χ4v) is 3.05. The SMILES string of the molecule is CC1(C)CC(c2ccccn2)c2cc(C#N)ccc2C1=O. The normalized spacial score (nSPS) is 19.7. The highest BCUT2D eigenvalue weighted by atomic mass is 16.1. The van der Waals surface area contributed by atoms with Gasteiger partial charge in [-0.3, -0.25) is 9.78 Å². The molecule has 0 aliphatic heterocycles. The molecular formula is C18H16N2O. The van der Waals surface area contributed by atoms with Gasteiger partial charge in [0.25, 0.3) is 0 Å². The molecule has 0 fully saturated rings. The van der Waals surface area contributed by atoms with Crippen LogP contribution in [0.3, 0.4) is 0 Å². The summed E-state index contributed by atoms with van der Waals surface area (Å²) in [5.41, 5.74) is 2.78. The number of hydrogen-bond acceptors (Lipinski definition) is 3. The Hall–Kier alpha value is -2.47. The van der Waals surface area contributed by atoms with Crippen molar-refractivity contribution in [2.45, 2.75) is 26.2 Å². The topological polar surface area (TPSA) is 53.8 Å².